The Kier molecular flexibility index (Phi) is 4.24. The van der Waals surface area contributed by atoms with Crippen molar-refractivity contribution in [2.45, 2.75) is 39.8 Å². The minimum Gasteiger partial charge on any atom is -0.478 e. The van der Waals surface area contributed by atoms with E-state index in [0.29, 0.717) is 11.5 Å². The Hall–Kier alpha value is -1.98. The maximum Gasteiger partial charge on any atom is 0.410 e. The van der Waals surface area contributed by atoms with Gasteiger partial charge in [0.05, 0.1) is 6.54 Å². The molecule has 0 bridgehead atoms. The Morgan fingerprint density at radius 1 is 1.42 bits per heavy atom. The molecule has 6 nitrogen and oxygen atoms in total. The smallest absolute Gasteiger partial charge is 0.410 e. The van der Waals surface area contributed by atoms with Crippen LogP contribution in [0.3, 0.4) is 0 Å². The molecular weight excluding hydrogens is 250 g/mol. The minimum atomic E-state index is -1.05. The van der Waals surface area contributed by atoms with Crippen LogP contribution in [0.1, 0.15) is 42.6 Å². The highest BCUT2D eigenvalue weighted by Crippen LogP contribution is 2.17. The molecule has 19 heavy (non-hydrogen) atoms. The molecule has 0 saturated carbocycles. The topological polar surface area (TPSA) is 80.0 Å². The van der Waals surface area contributed by atoms with Crippen molar-refractivity contribution in [1.82, 2.24) is 4.90 Å². The van der Waals surface area contributed by atoms with Gasteiger partial charge in [-0.25, -0.2) is 9.59 Å². The van der Waals surface area contributed by atoms with Crippen LogP contribution >= 0.6 is 0 Å². The fourth-order valence-corrected chi connectivity index (χ4v) is 1.47. The molecule has 1 aromatic rings. The van der Waals surface area contributed by atoms with Crippen molar-refractivity contribution in [3.63, 3.8) is 0 Å². The van der Waals surface area contributed by atoms with Gasteiger partial charge in [0.2, 0.25) is 0 Å². The summed E-state index contributed by atoms with van der Waals surface area (Å²) in [5.74, 6) is -0.323. The van der Waals surface area contributed by atoms with E-state index in [9.17, 15) is 9.59 Å². The summed E-state index contributed by atoms with van der Waals surface area (Å²) in [6.07, 6.45) is -0.488. The number of hydrogen-bond donors (Lipinski definition) is 1. The van der Waals surface area contributed by atoms with E-state index in [1.807, 2.05) is 0 Å². The Morgan fingerprint density at radius 2 is 2.00 bits per heavy atom. The Labute approximate surface area is 112 Å². The average molecular weight is 269 g/mol. The number of furan rings is 1. The van der Waals surface area contributed by atoms with Crippen LogP contribution in [-0.2, 0) is 11.3 Å². The monoisotopic (exact) mass is 269 g/mol. The van der Waals surface area contributed by atoms with Crippen molar-refractivity contribution in [3.8, 4) is 0 Å². The van der Waals surface area contributed by atoms with Gasteiger partial charge in [0.25, 0.3) is 0 Å². The third-order valence-electron chi connectivity index (χ3n) is 2.30. The highest BCUT2D eigenvalue weighted by Gasteiger charge is 2.21. The molecular formula is C13H19NO5. The van der Waals surface area contributed by atoms with Crippen molar-refractivity contribution in [2.24, 2.45) is 0 Å². The number of carbonyl (C=O) groups is 2. The number of nitrogens with zero attached hydrogens (tertiary/aromatic N) is 1. The number of amides is 1. The second-order valence-corrected chi connectivity index (χ2v) is 5.32. The lowest BCUT2D eigenvalue weighted by Crippen LogP contribution is -2.33. The summed E-state index contributed by atoms with van der Waals surface area (Å²) >= 11 is 0. The lowest BCUT2D eigenvalue weighted by Gasteiger charge is -2.24. The van der Waals surface area contributed by atoms with Gasteiger partial charge in [-0.2, -0.15) is 0 Å². The van der Waals surface area contributed by atoms with Gasteiger partial charge in [-0.1, -0.05) is 0 Å². The van der Waals surface area contributed by atoms with Gasteiger partial charge in [0.15, 0.2) is 0 Å². The van der Waals surface area contributed by atoms with E-state index < -0.39 is 17.7 Å². The average Bonchev–Trinajstić information content (AvgIpc) is 2.56. The second-order valence-electron chi connectivity index (χ2n) is 5.32. The van der Waals surface area contributed by atoms with Crippen molar-refractivity contribution >= 4 is 12.1 Å². The van der Waals surface area contributed by atoms with E-state index in [-0.39, 0.29) is 12.1 Å². The molecule has 0 saturated heterocycles. The zero-order valence-electron chi connectivity index (χ0n) is 11.8. The molecule has 1 amide bonds. The summed E-state index contributed by atoms with van der Waals surface area (Å²) in [6.45, 7) is 7.05. The van der Waals surface area contributed by atoms with E-state index in [2.05, 4.69) is 0 Å². The summed E-state index contributed by atoms with van der Waals surface area (Å²) in [6, 6.07) is 1.42. The molecule has 1 aromatic heterocycles. The first-order valence-electron chi connectivity index (χ1n) is 5.87. The summed E-state index contributed by atoms with van der Waals surface area (Å²) in [7, 11) is 1.56. The van der Waals surface area contributed by atoms with Crippen LogP contribution in [0.2, 0.25) is 0 Å². The molecule has 0 aromatic carbocycles. The van der Waals surface area contributed by atoms with Crippen LogP contribution in [0.25, 0.3) is 0 Å². The number of carboxylic acids is 1. The van der Waals surface area contributed by atoms with Gasteiger partial charge in [0.1, 0.15) is 22.7 Å². The molecule has 0 unspecified atom stereocenters. The van der Waals surface area contributed by atoms with E-state index in [0.717, 1.165) is 0 Å². The molecule has 1 rings (SSSR count). The standard InChI is InChI=1S/C13H19NO5/c1-8-10(11(15)16)6-9(18-8)7-14(5)12(17)19-13(2,3)4/h6H,7H2,1-5H3,(H,15,16). The molecule has 0 aliphatic heterocycles. The van der Waals surface area contributed by atoms with E-state index in [1.165, 1.54) is 11.0 Å². The molecule has 0 aliphatic carbocycles. The lowest BCUT2D eigenvalue weighted by molar-refractivity contribution is 0.0274. The number of hydrogen-bond acceptors (Lipinski definition) is 4. The molecule has 0 radical (unpaired) electrons. The fraction of sp³-hybridized carbons (Fsp3) is 0.538. The van der Waals surface area contributed by atoms with Crippen molar-refractivity contribution in [1.29, 1.82) is 0 Å². The lowest BCUT2D eigenvalue weighted by atomic mass is 10.2. The van der Waals surface area contributed by atoms with Crippen LogP contribution in [0.4, 0.5) is 4.79 Å². The predicted octanol–water partition coefficient (Wildman–Crippen LogP) is 2.65. The number of carboxylic acid groups (broad SMARTS) is 1. The van der Waals surface area contributed by atoms with E-state index in [4.69, 9.17) is 14.3 Å². The largest absolute Gasteiger partial charge is 0.478 e. The molecule has 6 heteroatoms. The summed E-state index contributed by atoms with van der Waals surface area (Å²) < 4.78 is 10.5. The zero-order valence-corrected chi connectivity index (χ0v) is 11.8. The molecule has 0 fully saturated rings. The highest BCUT2D eigenvalue weighted by molar-refractivity contribution is 5.88. The van der Waals surface area contributed by atoms with Gasteiger partial charge in [-0.05, 0) is 33.8 Å². The molecule has 106 valence electrons. The minimum absolute atomic E-state index is 0.104. The van der Waals surface area contributed by atoms with E-state index >= 15 is 0 Å². The summed E-state index contributed by atoms with van der Waals surface area (Å²) in [4.78, 5) is 23.9. The number of ether oxygens (including phenoxy) is 1. The number of rotatable bonds is 3. The number of aryl methyl sites for hydroxylation is 1. The van der Waals surface area contributed by atoms with Gasteiger partial charge < -0.3 is 19.2 Å². The van der Waals surface area contributed by atoms with Crippen LogP contribution in [0.15, 0.2) is 10.5 Å². The maximum absolute atomic E-state index is 11.7. The third kappa shape index (κ3) is 4.31. The maximum atomic E-state index is 11.7. The van der Waals surface area contributed by atoms with Crippen LogP contribution in [0.5, 0.6) is 0 Å². The Morgan fingerprint density at radius 3 is 2.42 bits per heavy atom. The highest BCUT2D eigenvalue weighted by atomic mass is 16.6. The number of aromatic carboxylic acids is 1. The molecule has 0 aliphatic rings. The van der Waals surface area contributed by atoms with Gasteiger partial charge in [-0.3, -0.25) is 0 Å². The van der Waals surface area contributed by atoms with E-state index in [1.54, 1.807) is 34.7 Å². The zero-order chi connectivity index (χ0) is 14.8. The van der Waals surface area contributed by atoms with Crippen molar-refractivity contribution in [2.75, 3.05) is 7.05 Å². The van der Waals surface area contributed by atoms with Crippen molar-refractivity contribution in [3.05, 3.63) is 23.2 Å². The fourth-order valence-electron chi connectivity index (χ4n) is 1.47. The first-order valence-corrected chi connectivity index (χ1v) is 5.87. The summed E-state index contributed by atoms with van der Waals surface area (Å²) in [5.41, 5.74) is -0.469. The Bertz CT molecular complexity index is 484. The molecule has 0 spiro atoms. The second kappa shape index (κ2) is 5.34. The van der Waals surface area contributed by atoms with Gasteiger partial charge in [-0.15, -0.1) is 0 Å². The first-order chi connectivity index (χ1) is 8.60. The van der Waals surface area contributed by atoms with Crippen LogP contribution in [0, 0.1) is 6.92 Å². The van der Waals surface area contributed by atoms with Crippen LogP contribution < -0.4 is 0 Å². The molecule has 0 atom stereocenters. The quantitative estimate of drug-likeness (QED) is 0.912. The normalized spacial score (nSPS) is 11.2. The van der Waals surface area contributed by atoms with Crippen LogP contribution in [-0.4, -0.2) is 34.7 Å². The Balaban J connectivity index is 2.72. The number of carbonyl (C=O) groups excluding carboxylic acids is 1. The summed E-state index contributed by atoms with van der Waals surface area (Å²) in [5, 5.41) is 8.91. The molecule has 1 heterocycles. The van der Waals surface area contributed by atoms with Crippen molar-refractivity contribution < 1.29 is 23.8 Å². The third-order valence-corrected chi connectivity index (χ3v) is 2.30. The van der Waals surface area contributed by atoms with Gasteiger partial charge >= 0.3 is 12.1 Å². The first kappa shape index (κ1) is 15.1. The molecule has 1 N–H and O–H groups in total. The SMILES string of the molecule is Cc1oc(CN(C)C(=O)OC(C)(C)C)cc1C(=O)O. The predicted molar refractivity (Wildman–Crippen MR) is 68.1 cm³/mol. The van der Waals surface area contributed by atoms with Gasteiger partial charge in [0, 0.05) is 7.05 Å².